The molecule has 1 saturated heterocycles. The molecule has 142 valence electrons. The van der Waals surface area contributed by atoms with Crippen LogP contribution in [0.1, 0.15) is 64.4 Å². The average molecular weight is 378 g/mol. The van der Waals surface area contributed by atoms with Crippen LogP contribution in [-0.2, 0) is 19.7 Å². The monoisotopic (exact) mass is 377 g/mol. The number of ether oxygens (including phenoxy) is 1. The molecule has 1 aliphatic carbocycles. The minimum atomic E-state index is -0.635. The SMILES string of the molecule is C[C@@H]1CCC[C@H](C)N1C(=O)COC(=O)C1(c2ccc(Cl)cc2)CCCC1. The number of rotatable bonds is 4. The molecule has 2 aliphatic rings. The molecule has 4 nitrogen and oxygen atoms in total. The van der Waals surface area contributed by atoms with Gasteiger partial charge in [0.25, 0.3) is 5.91 Å². The quantitative estimate of drug-likeness (QED) is 0.726. The summed E-state index contributed by atoms with van der Waals surface area (Å²) in [7, 11) is 0. The van der Waals surface area contributed by atoms with Gasteiger partial charge in [-0.1, -0.05) is 36.6 Å². The average Bonchev–Trinajstić information content (AvgIpc) is 3.11. The molecule has 1 heterocycles. The van der Waals surface area contributed by atoms with Crippen molar-refractivity contribution in [2.75, 3.05) is 6.61 Å². The van der Waals surface area contributed by atoms with Gasteiger partial charge in [0.2, 0.25) is 0 Å². The van der Waals surface area contributed by atoms with Crippen LogP contribution in [0.4, 0.5) is 0 Å². The van der Waals surface area contributed by atoms with Gasteiger partial charge in [-0.2, -0.15) is 0 Å². The van der Waals surface area contributed by atoms with Crippen molar-refractivity contribution in [3.8, 4) is 0 Å². The van der Waals surface area contributed by atoms with E-state index in [0.717, 1.165) is 50.5 Å². The van der Waals surface area contributed by atoms with Gasteiger partial charge in [0.1, 0.15) is 0 Å². The Balaban J connectivity index is 1.69. The molecule has 0 bridgehead atoms. The van der Waals surface area contributed by atoms with Crippen molar-refractivity contribution >= 4 is 23.5 Å². The molecular weight excluding hydrogens is 350 g/mol. The summed E-state index contributed by atoms with van der Waals surface area (Å²) in [5.41, 5.74) is 0.306. The number of halogens is 1. The van der Waals surface area contributed by atoms with Crippen molar-refractivity contribution in [2.45, 2.75) is 76.3 Å². The van der Waals surface area contributed by atoms with Crippen LogP contribution < -0.4 is 0 Å². The molecule has 1 aromatic rings. The summed E-state index contributed by atoms with van der Waals surface area (Å²) in [6.07, 6.45) is 6.68. The Bertz CT molecular complexity index is 642. The van der Waals surface area contributed by atoms with E-state index in [9.17, 15) is 9.59 Å². The summed E-state index contributed by atoms with van der Waals surface area (Å²) in [4.78, 5) is 27.5. The lowest BCUT2D eigenvalue weighted by atomic mass is 9.79. The molecule has 1 aliphatic heterocycles. The molecule has 1 aromatic carbocycles. The summed E-state index contributed by atoms with van der Waals surface area (Å²) < 4.78 is 5.56. The number of hydrogen-bond acceptors (Lipinski definition) is 3. The summed E-state index contributed by atoms with van der Waals surface area (Å²) in [5.74, 6) is -0.356. The van der Waals surface area contributed by atoms with Crippen LogP contribution in [-0.4, -0.2) is 35.5 Å². The number of piperidine rings is 1. The number of amides is 1. The van der Waals surface area contributed by atoms with E-state index in [2.05, 4.69) is 13.8 Å². The van der Waals surface area contributed by atoms with E-state index in [4.69, 9.17) is 16.3 Å². The maximum atomic E-state index is 13.0. The number of carbonyl (C=O) groups is 2. The molecule has 2 fully saturated rings. The molecule has 3 rings (SSSR count). The van der Waals surface area contributed by atoms with Gasteiger partial charge in [-0.15, -0.1) is 0 Å². The minimum Gasteiger partial charge on any atom is -0.455 e. The first-order valence-electron chi connectivity index (χ1n) is 9.68. The molecule has 0 spiro atoms. The van der Waals surface area contributed by atoms with Gasteiger partial charge in [0.15, 0.2) is 6.61 Å². The highest BCUT2D eigenvalue weighted by Crippen LogP contribution is 2.42. The van der Waals surface area contributed by atoms with Crippen molar-refractivity contribution in [1.82, 2.24) is 4.90 Å². The molecule has 26 heavy (non-hydrogen) atoms. The van der Waals surface area contributed by atoms with Crippen molar-refractivity contribution in [1.29, 1.82) is 0 Å². The third kappa shape index (κ3) is 3.75. The number of nitrogens with zero attached hydrogens (tertiary/aromatic N) is 1. The van der Waals surface area contributed by atoms with Crippen LogP contribution in [0.3, 0.4) is 0 Å². The Morgan fingerprint density at radius 1 is 1.08 bits per heavy atom. The Labute approximate surface area is 160 Å². The highest BCUT2D eigenvalue weighted by Gasteiger charge is 2.44. The molecule has 0 radical (unpaired) electrons. The molecule has 0 N–H and O–H groups in total. The molecule has 1 saturated carbocycles. The van der Waals surface area contributed by atoms with E-state index >= 15 is 0 Å². The van der Waals surface area contributed by atoms with Crippen LogP contribution in [0.2, 0.25) is 5.02 Å². The normalized spacial score (nSPS) is 25.1. The number of benzene rings is 1. The van der Waals surface area contributed by atoms with E-state index in [1.54, 1.807) is 0 Å². The van der Waals surface area contributed by atoms with E-state index < -0.39 is 5.41 Å². The van der Waals surface area contributed by atoms with E-state index in [1.807, 2.05) is 29.2 Å². The lowest BCUT2D eigenvalue weighted by Gasteiger charge is -2.39. The van der Waals surface area contributed by atoms with Gasteiger partial charge in [0.05, 0.1) is 5.41 Å². The van der Waals surface area contributed by atoms with Crippen LogP contribution >= 0.6 is 11.6 Å². The molecule has 0 unspecified atom stereocenters. The van der Waals surface area contributed by atoms with Crippen LogP contribution in [0.5, 0.6) is 0 Å². The van der Waals surface area contributed by atoms with Gasteiger partial charge in [-0.25, -0.2) is 0 Å². The van der Waals surface area contributed by atoms with Crippen molar-refractivity contribution in [3.05, 3.63) is 34.9 Å². The first kappa shape index (κ1) is 19.2. The minimum absolute atomic E-state index is 0.0812. The lowest BCUT2D eigenvalue weighted by molar-refractivity contribution is -0.159. The highest BCUT2D eigenvalue weighted by molar-refractivity contribution is 6.30. The summed E-state index contributed by atoms with van der Waals surface area (Å²) in [6, 6.07) is 7.86. The van der Waals surface area contributed by atoms with E-state index in [1.165, 1.54) is 0 Å². The molecule has 1 amide bonds. The van der Waals surface area contributed by atoms with Gasteiger partial charge in [0, 0.05) is 17.1 Å². The zero-order valence-electron chi connectivity index (χ0n) is 15.7. The van der Waals surface area contributed by atoms with Crippen LogP contribution in [0, 0.1) is 0 Å². The zero-order valence-corrected chi connectivity index (χ0v) is 16.4. The molecular formula is C21H28ClNO3. The van der Waals surface area contributed by atoms with E-state index in [-0.39, 0.29) is 30.6 Å². The van der Waals surface area contributed by atoms with Gasteiger partial charge in [-0.05, 0) is 63.6 Å². The maximum absolute atomic E-state index is 13.0. The topological polar surface area (TPSA) is 46.6 Å². The molecule has 5 heteroatoms. The zero-order chi connectivity index (χ0) is 18.7. The summed E-state index contributed by atoms with van der Waals surface area (Å²) >= 11 is 5.99. The smallest absolute Gasteiger partial charge is 0.317 e. The molecule has 2 atom stereocenters. The second kappa shape index (κ2) is 7.99. The maximum Gasteiger partial charge on any atom is 0.317 e. The Morgan fingerprint density at radius 2 is 1.65 bits per heavy atom. The first-order chi connectivity index (χ1) is 12.4. The first-order valence-corrected chi connectivity index (χ1v) is 10.1. The van der Waals surface area contributed by atoms with E-state index in [0.29, 0.717) is 5.02 Å². The fraction of sp³-hybridized carbons (Fsp3) is 0.619. The summed E-state index contributed by atoms with van der Waals surface area (Å²) in [5, 5.41) is 0.651. The predicted octanol–water partition coefficient (Wildman–Crippen LogP) is 4.48. The van der Waals surface area contributed by atoms with Crippen molar-refractivity contribution in [3.63, 3.8) is 0 Å². The number of esters is 1. The Morgan fingerprint density at radius 3 is 2.23 bits per heavy atom. The van der Waals surface area contributed by atoms with Crippen LogP contribution in [0.25, 0.3) is 0 Å². The second-order valence-corrected chi connectivity index (χ2v) is 8.24. The van der Waals surface area contributed by atoms with Gasteiger partial charge >= 0.3 is 5.97 Å². The van der Waals surface area contributed by atoms with Crippen molar-refractivity contribution in [2.24, 2.45) is 0 Å². The third-order valence-electron chi connectivity index (χ3n) is 6.05. The van der Waals surface area contributed by atoms with Gasteiger partial charge < -0.3 is 9.64 Å². The van der Waals surface area contributed by atoms with Gasteiger partial charge in [-0.3, -0.25) is 9.59 Å². The standard InChI is InChI=1S/C21H28ClNO3/c1-15-6-5-7-16(2)23(15)19(24)14-26-20(25)21(12-3-4-13-21)17-8-10-18(22)11-9-17/h8-11,15-16H,3-7,12-14H2,1-2H3/t15-,16+. The van der Waals surface area contributed by atoms with Crippen molar-refractivity contribution < 1.29 is 14.3 Å². The fourth-order valence-corrected chi connectivity index (χ4v) is 4.74. The Kier molecular flexibility index (Phi) is 5.91. The highest BCUT2D eigenvalue weighted by atomic mass is 35.5. The Hall–Kier alpha value is -1.55. The second-order valence-electron chi connectivity index (χ2n) is 7.80. The fourth-order valence-electron chi connectivity index (χ4n) is 4.61. The van der Waals surface area contributed by atoms with Crippen LogP contribution in [0.15, 0.2) is 24.3 Å². The third-order valence-corrected chi connectivity index (χ3v) is 6.30. The summed E-state index contributed by atoms with van der Waals surface area (Å²) in [6.45, 7) is 3.98. The predicted molar refractivity (Wildman–Crippen MR) is 102 cm³/mol. The number of carbonyl (C=O) groups excluding carboxylic acids is 2. The largest absolute Gasteiger partial charge is 0.455 e. The molecule has 0 aromatic heterocycles. The number of hydrogen-bond donors (Lipinski definition) is 0. The number of likely N-dealkylation sites (tertiary alicyclic amines) is 1. The lowest BCUT2D eigenvalue weighted by Crippen LogP contribution is -2.49.